The molecular weight excluding hydrogens is 242 g/mol. The first-order valence-corrected chi connectivity index (χ1v) is 6.74. The van der Waals surface area contributed by atoms with Crippen molar-refractivity contribution < 1.29 is 14.3 Å². The standard InChI is InChI=1S/C15H17NO3/c1-10-8-14(17)16(15(10)18)6-4-11-2-3-13-12(9-11)5-7-19-13/h2-3,9-10H,4-8H2,1H3/t10-/m0/s1. The van der Waals surface area contributed by atoms with E-state index in [1.165, 1.54) is 10.5 Å². The van der Waals surface area contributed by atoms with Crippen molar-refractivity contribution in [3.05, 3.63) is 29.3 Å². The number of fused-ring (bicyclic) bond motifs is 1. The maximum Gasteiger partial charge on any atom is 0.232 e. The molecule has 3 rings (SSSR count). The Hall–Kier alpha value is -1.84. The summed E-state index contributed by atoms with van der Waals surface area (Å²) in [5.74, 6) is 0.739. The van der Waals surface area contributed by atoms with Crippen LogP contribution in [-0.4, -0.2) is 29.9 Å². The fourth-order valence-electron chi connectivity index (χ4n) is 2.72. The van der Waals surface area contributed by atoms with Crippen LogP contribution < -0.4 is 4.74 Å². The van der Waals surface area contributed by atoms with Gasteiger partial charge < -0.3 is 4.74 Å². The van der Waals surface area contributed by atoms with Crippen LogP contribution in [0.2, 0.25) is 0 Å². The highest BCUT2D eigenvalue weighted by molar-refractivity contribution is 6.03. The van der Waals surface area contributed by atoms with Gasteiger partial charge >= 0.3 is 0 Å². The number of ether oxygens (including phenoxy) is 1. The Morgan fingerprint density at radius 3 is 2.95 bits per heavy atom. The molecule has 19 heavy (non-hydrogen) atoms. The van der Waals surface area contributed by atoms with Crippen molar-refractivity contribution in [3.63, 3.8) is 0 Å². The average Bonchev–Trinajstić information content (AvgIpc) is 2.94. The summed E-state index contributed by atoms with van der Waals surface area (Å²) in [6.45, 7) is 3.05. The lowest BCUT2D eigenvalue weighted by atomic mass is 10.1. The summed E-state index contributed by atoms with van der Waals surface area (Å²) < 4.78 is 5.46. The molecule has 2 aliphatic rings. The SMILES string of the molecule is C[C@H]1CC(=O)N(CCc2ccc3c(c2)CCO3)C1=O. The van der Waals surface area contributed by atoms with Crippen LogP contribution in [0.5, 0.6) is 5.75 Å². The van der Waals surface area contributed by atoms with Gasteiger partial charge in [-0.1, -0.05) is 19.1 Å². The van der Waals surface area contributed by atoms with Crippen molar-refractivity contribution in [1.82, 2.24) is 4.90 Å². The molecule has 2 aliphatic heterocycles. The lowest BCUT2D eigenvalue weighted by Gasteiger charge is -2.14. The highest BCUT2D eigenvalue weighted by Crippen LogP contribution is 2.26. The van der Waals surface area contributed by atoms with Gasteiger partial charge in [0.25, 0.3) is 0 Å². The number of rotatable bonds is 3. The normalized spacial score (nSPS) is 21.7. The van der Waals surface area contributed by atoms with Gasteiger partial charge in [0.15, 0.2) is 0 Å². The molecule has 1 atom stereocenters. The Labute approximate surface area is 112 Å². The van der Waals surface area contributed by atoms with E-state index < -0.39 is 0 Å². The van der Waals surface area contributed by atoms with Crippen LogP contribution in [-0.2, 0) is 22.4 Å². The predicted octanol–water partition coefficient (Wildman–Crippen LogP) is 1.56. The molecular formula is C15H17NO3. The summed E-state index contributed by atoms with van der Waals surface area (Å²) in [7, 11) is 0. The minimum absolute atomic E-state index is 0.0329. The minimum Gasteiger partial charge on any atom is -0.493 e. The lowest BCUT2D eigenvalue weighted by Crippen LogP contribution is -2.32. The molecule has 1 aromatic carbocycles. The quantitative estimate of drug-likeness (QED) is 0.774. The maximum absolute atomic E-state index is 11.8. The van der Waals surface area contributed by atoms with Gasteiger partial charge in [0.2, 0.25) is 11.8 Å². The molecule has 0 unspecified atom stereocenters. The van der Waals surface area contributed by atoms with E-state index in [0.29, 0.717) is 13.0 Å². The molecule has 0 N–H and O–H groups in total. The monoisotopic (exact) mass is 259 g/mol. The average molecular weight is 259 g/mol. The summed E-state index contributed by atoms with van der Waals surface area (Å²) in [6.07, 6.45) is 2.02. The van der Waals surface area contributed by atoms with Gasteiger partial charge in [0.05, 0.1) is 6.61 Å². The van der Waals surface area contributed by atoms with Crippen LogP contribution in [0, 0.1) is 5.92 Å². The van der Waals surface area contributed by atoms with E-state index in [9.17, 15) is 9.59 Å². The van der Waals surface area contributed by atoms with Crippen LogP contribution in [0.4, 0.5) is 0 Å². The highest BCUT2D eigenvalue weighted by Gasteiger charge is 2.34. The topological polar surface area (TPSA) is 46.6 Å². The van der Waals surface area contributed by atoms with E-state index >= 15 is 0 Å². The van der Waals surface area contributed by atoms with Crippen molar-refractivity contribution in [3.8, 4) is 5.75 Å². The zero-order valence-corrected chi connectivity index (χ0v) is 11.0. The van der Waals surface area contributed by atoms with Crippen LogP contribution in [0.3, 0.4) is 0 Å². The molecule has 1 fully saturated rings. The van der Waals surface area contributed by atoms with E-state index in [1.54, 1.807) is 0 Å². The summed E-state index contributed by atoms with van der Waals surface area (Å²) in [5, 5.41) is 0. The third-order valence-corrected chi connectivity index (χ3v) is 3.85. The Balaban J connectivity index is 1.66. The highest BCUT2D eigenvalue weighted by atomic mass is 16.5. The minimum atomic E-state index is -0.152. The predicted molar refractivity (Wildman–Crippen MR) is 69.8 cm³/mol. The van der Waals surface area contributed by atoms with Gasteiger partial charge in [-0.3, -0.25) is 14.5 Å². The fourth-order valence-corrected chi connectivity index (χ4v) is 2.72. The number of nitrogens with zero attached hydrogens (tertiary/aromatic N) is 1. The molecule has 0 aliphatic carbocycles. The van der Waals surface area contributed by atoms with Crippen molar-refractivity contribution in [2.24, 2.45) is 5.92 Å². The van der Waals surface area contributed by atoms with Gasteiger partial charge in [-0.05, 0) is 23.6 Å². The molecule has 1 saturated heterocycles. The van der Waals surface area contributed by atoms with E-state index in [2.05, 4.69) is 6.07 Å². The van der Waals surface area contributed by atoms with E-state index in [4.69, 9.17) is 4.74 Å². The molecule has 2 heterocycles. The number of imide groups is 1. The van der Waals surface area contributed by atoms with Crippen LogP contribution in [0.25, 0.3) is 0 Å². The summed E-state index contributed by atoms with van der Waals surface area (Å²) in [5.41, 5.74) is 2.38. The lowest BCUT2D eigenvalue weighted by molar-refractivity contribution is -0.139. The third kappa shape index (κ3) is 2.23. The summed E-state index contributed by atoms with van der Waals surface area (Å²) >= 11 is 0. The molecule has 0 spiro atoms. The molecule has 100 valence electrons. The molecule has 0 aromatic heterocycles. The number of amides is 2. The maximum atomic E-state index is 11.8. The smallest absolute Gasteiger partial charge is 0.232 e. The molecule has 4 nitrogen and oxygen atoms in total. The molecule has 2 amide bonds. The van der Waals surface area contributed by atoms with E-state index in [-0.39, 0.29) is 17.7 Å². The van der Waals surface area contributed by atoms with Gasteiger partial charge in [-0.25, -0.2) is 0 Å². The molecule has 0 saturated carbocycles. The van der Waals surface area contributed by atoms with Crippen LogP contribution in [0.1, 0.15) is 24.5 Å². The first-order valence-electron chi connectivity index (χ1n) is 6.74. The van der Waals surface area contributed by atoms with Crippen molar-refractivity contribution in [1.29, 1.82) is 0 Å². The zero-order chi connectivity index (χ0) is 13.4. The van der Waals surface area contributed by atoms with Gasteiger partial charge in [-0.15, -0.1) is 0 Å². The third-order valence-electron chi connectivity index (χ3n) is 3.85. The second kappa shape index (κ2) is 4.68. The summed E-state index contributed by atoms with van der Waals surface area (Å²) in [6, 6.07) is 6.11. The fraction of sp³-hybridized carbons (Fsp3) is 0.467. The van der Waals surface area contributed by atoms with Crippen molar-refractivity contribution >= 4 is 11.8 Å². The Morgan fingerprint density at radius 1 is 1.37 bits per heavy atom. The first-order chi connectivity index (χ1) is 9.15. The summed E-state index contributed by atoms with van der Waals surface area (Å²) in [4.78, 5) is 24.9. The first kappa shape index (κ1) is 12.2. The number of benzene rings is 1. The molecule has 1 aromatic rings. The zero-order valence-electron chi connectivity index (χ0n) is 11.0. The second-order valence-corrected chi connectivity index (χ2v) is 5.28. The van der Waals surface area contributed by atoms with Crippen LogP contribution in [0.15, 0.2) is 18.2 Å². The van der Waals surface area contributed by atoms with Crippen molar-refractivity contribution in [2.45, 2.75) is 26.2 Å². The number of carbonyl (C=O) groups is 2. The number of carbonyl (C=O) groups excluding carboxylic acids is 2. The number of likely N-dealkylation sites (tertiary alicyclic amines) is 1. The van der Waals surface area contributed by atoms with E-state index in [1.807, 2.05) is 19.1 Å². The second-order valence-electron chi connectivity index (χ2n) is 5.28. The van der Waals surface area contributed by atoms with Gasteiger partial charge in [0, 0.05) is 25.3 Å². The van der Waals surface area contributed by atoms with Crippen LogP contribution >= 0.6 is 0 Å². The molecule has 4 heteroatoms. The molecule has 0 bridgehead atoms. The molecule has 0 radical (unpaired) electrons. The van der Waals surface area contributed by atoms with E-state index in [0.717, 1.165) is 30.8 Å². The number of hydrogen-bond acceptors (Lipinski definition) is 3. The Kier molecular flexibility index (Phi) is 3.01. The Bertz CT molecular complexity index is 538. The van der Waals surface area contributed by atoms with Gasteiger partial charge in [0.1, 0.15) is 5.75 Å². The van der Waals surface area contributed by atoms with Gasteiger partial charge in [-0.2, -0.15) is 0 Å². The largest absolute Gasteiger partial charge is 0.493 e. The van der Waals surface area contributed by atoms with Crippen molar-refractivity contribution in [2.75, 3.05) is 13.2 Å². The number of hydrogen-bond donors (Lipinski definition) is 0. The Morgan fingerprint density at radius 2 is 2.21 bits per heavy atom.